The molecule has 0 unspecified atom stereocenters. The molecule has 1 aliphatic heterocycles. The summed E-state index contributed by atoms with van der Waals surface area (Å²) < 4.78 is 5.31. The van der Waals surface area contributed by atoms with Crippen molar-refractivity contribution in [2.45, 2.75) is 26.2 Å². The van der Waals surface area contributed by atoms with Gasteiger partial charge in [0.2, 0.25) is 5.91 Å². The molecule has 1 N–H and O–H groups in total. The number of carboxylic acids is 1. The molecule has 0 spiro atoms. The maximum atomic E-state index is 11.6. The third-order valence-corrected chi connectivity index (χ3v) is 2.75. The second-order valence-electron chi connectivity index (χ2n) is 4.05. The molecule has 0 aromatic carbocycles. The van der Waals surface area contributed by atoms with Gasteiger partial charge in [-0.3, -0.25) is 9.59 Å². The van der Waals surface area contributed by atoms with Crippen LogP contribution >= 0.6 is 0 Å². The molecule has 0 saturated carbocycles. The van der Waals surface area contributed by atoms with E-state index in [0.29, 0.717) is 25.7 Å². The molecule has 0 radical (unpaired) electrons. The number of carboxylic acid groups (broad SMARTS) is 1. The highest BCUT2D eigenvalue weighted by Gasteiger charge is 2.26. The molecule has 1 amide bonds. The van der Waals surface area contributed by atoms with E-state index in [1.54, 1.807) is 4.90 Å². The van der Waals surface area contributed by atoms with Crippen molar-refractivity contribution in [3.8, 4) is 0 Å². The van der Waals surface area contributed by atoms with Gasteiger partial charge in [-0.1, -0.05) is 0 Å². The maximum Gasteiger partial charge on any atom is 0.303 e. The summed E-state index contributed by atoms with van der Waals surface area (Å²) in [7, 11) is 0. The highest BCUT2D eigenvalue weighted by atomic mass is 16.5. The highest BCUT2D eigenvalue weighted by molar-refractivity contribution is 5.80. The van der Waals surface area contributed by atoms with Gasteiger partial charge in [0.25, 0.3) is 0 Å². The van der Waals surface area contributed by atoms with Gasteiger partial charge in [-0.2, -0.15) is 0 Å². The zero-order valence-corrected chi connectivity index (χ0v) is 9.65. The Morgan fingerprint density at radius 2 is 2.19 bits per heavy atom. The zero-order chi connectivity index (χ0) is 12.0. The Morgan fingerprint density at radius 3 is 2.81 bits per heavy atom. The fourth-order valence-electron chi connectivity index (χ4n) is 1.85. The van der Waals surface area contributed by atoms with E-state index >= 15 is 0 Å². The van der Waals surface area contributed by atoms with Crippen LogP contribution in [0, 0.1) is 5.92 Å². The van der Waals surface area contributed by atoms with Crippen LogP contribution in [-0.2, 0) is 14.3 Å². The Kier molecular flexibility index (Phi) is 5.25. The molecule has 1 saturated heterocycles. The van der Waals surface area contributed by atoms with E-state index in [1.807, 2.05) is 6.92 Å². The molecule has 1 atom stereocenters. The lowest BCUT2D eigenvalue weighted by atomic mass is 10.1. The van der Waals surface area contributed by atoms with Gasteiger partial charge in [0.15, 0.2) is 0 Å². The topological polar surface area (TPSA) is 66.8 Å². The predicted octanol–water partition coefficient (Wildman–Crippen LogP) is 0.736. The SMILES string of the molecule is CCOC[C@H]1CCN(C(=O)CCC(=O)O)C1. The Hall–Kier alpha value is -1.10. The number of hydrogen-bond donors (Lipinski definition) is 1. The molecule has 1 rings (SSSR count). The predicted molar refractivity (Wildman–Crippen MR) is 58.0 cm³/mol. The van der Waals surface area contributed by atoms with Gasteiger partial charge in [0.05, 0.1) is 13.0 Å². The van der Waals surface area contributed by atoms with Crippen LogP contribution in [0.4, 0.5) is 0 Å². The minimum Gasteiger partial charge on any atom is -0.481 e. The van der Waals surface area contributed by atoms with E-state index in [-0.39, 0.29) is 18.7 Å². The number of ether oxygens (including phenoxy) is 1. The van der Waals surface area contributed by atoms with Crippen molar-refractivity contribution >= 4 is 11.9 Å². The normalized spacial score (nSPS) is 20.1. The average Bonchev–Trinajstić information content (AvgIpc) is 2.71. The third-order valence-electron chi connectivity index (χ3n) is 2.75. The molecule has 1 heterocycles. The molecule has 0 bridgehead atoms. The summed E-state index contributed by atoms with van der Waals surface area (Å²) in [5, 5.41) is 8.48. The largest absolute Gasteiger partial charge is 0.481 e. The minimum atomic E-state index is -0.918. The van der Waals surface area contributed by atoms with E-state index in [4.69, 9.17) is 9.84 Å². The van der Waals surface area contributed by atoms with Gasteiger partial charge in [-0.25, -0.2) is 0 Å². The number of nitrogens with zero attached hydrogens (tertiary/aromatic N) is 1. The highest BCUT2D eigenvalue weighted by Crippen LogP contribution is 2.17. The zero-order valence-electron chi connectivity index (χ0n) is 9.65. The first kappa shape index (κ1) is 13.0. The third kappa shape index (κ3) is 4.18. The molecular weight excluding hydrogens is 210 g/mol. The monoisotopic (exact) mass is 229 g/mol. The molecule has 0 aromatic rings. The number of aliphatic carboxylic acids is 1. The van der Waals surface area contributed by atoms with Crippen molar-refractivity contribution in [3.05, 3.63) is 0 Å². The van der Waals surface area contributed by atoms with Crippen LogP contribution in [0.5, 0.6) is 0 Å². The fourth-order valence-corrected chi connectivity index (χ4v) is 1.85. The number of hydrogen-bond acceptors (Lipinski definition) is 3. The smallest absolute Gasteiger partial charge is 0.303 e. The first-order valence-electron chi connectivity index (χ1n) is 5.70. The van der Waals surface area contributed by atoms with Crippen LogP contribution in [0.2, 0.25) is 0 Å². The van der Waals surface area contributed by atoms with Crippen LogP contribution in [0.3, 0.4) is 0 Å². The van der Waals surface area contributed by atoms with Gasteiger partial charge in [-0.05, 0) is 13.3 Å². The molecule has 1 aliphatic rings. The van der Waals surface area contributed by atoms with Crippen molar-refractivity contribution in [3.63, 3.8) is 0 Å². The van der Waals surface area contributed by atoms with Crippen LogP contribution in [0.15, 0.2) is 0 Å². The van der Waals surface area contributed by atoms with Crippen LogP contribution in [-0.4, -0.2) is 48.2 Å². The summed E-state index contributed by atoms with van der Waals surface area (Å²) in [5.74, 6) is -0.562. The van der Waals surface area contributed by atoms with E-state index in [2.05, 4.69) is 0 Å². The number of carbonyl (C=O) groups excluding carboxylic acids is 1. The summed E-state index contributed by atoms with van der Waals surface area (Å²) in [6.45, 7) is 4.78. The minimum absolute atomic E-state index is 0.0543. The number of carbonyl (C=O) groups is 2. The van der Waals surface area contributed by atoms with Crippen molar-refractivity contribution in [2.24, 2.45) is 5.92 Å². The van der Waals surface area contributed by atoms with Gasteiger partial charge < -0.3 is 14.7 Å². The molecule has 5 heteroatoms. The lowest BCUT2D eigenvalue weighted by molar-refractivity contribution is -0.140. The molecular formula is C11H19NO4. The maximum absolute atomic E-state index is 11.6. The first-order valence-corrected chi connectivity index (χ1v) is 5.70. The second kappa shape index (κ2) is 6.48. The van der Waals surface area contributed by atoms with Crippen molar-refractivity contribution in [1.82, 2.24) is 4.90 Å². The van der Waals surface area contributed by atoms with Gasteiger partial charge in [0, 0.05) is 32.0 Å². The summed E-state index contributed by atoms with van der Waals surface area (Å²) in [5.41, 5.74) is 0. The molecule has 0 aliphatic carbocycles. The summed E-state index contributed by atoms with van der Waals surface area (Å²) in [6, 6.07) is 0. The quantitative estimate of drug-likeness (QED) is 0.729. The van der Waals surface area contributed by atoms with E-state index in [0.717, 1.165) is 13.0 Å². The van der Waals surface area contributed by atoms with Crippen LogP contribution in [0.25, 0.3) is 0 Å². The second-order valence-corrected chi connectivity index (χ2v) is 4.05. The molecule has 92 valence electrons. The van der Waals surface area contributed by atoms with Crippen LogP contribution in [0.1, 0.15) is 26.2 Å². The van der Waals surface area contributed by atoms with E-state index in [1.165, 1.54) is 0 Å². The number of rotatable bonds is 6. The standard InChI is InChI=1S/C11H19NO4/c1-2-16-8-9-5-6-12(7-9)10(13)3-4-11(14)15/h9H,2-8H2,1H3,(H,14,15)/t9-/m0/s1. The Labute approximate surface area is 95.4 Å². The lowest BCUT2D eigenvalue weighted by Gasteiger charge is -2.15. The molecule has 5 nitrogen and oxygen atoms in total. The summed E-state index contributed by atoms with van der Waals surface area (Å²) in [6.07, 6.45) is 0.987. The number of likely N-dealkylation sites (tertiary alicyclic amines) is 1. The summed E-state index contributed by atoms with van der Waals surface area (Å²) in [4.78, 5) is 23.7. The summed E-state index contributed by atoms with van der Waals surface area (Å²) >= 11 is 0. The van der Waals surface area contributed by atoms with Gasteiger partial charge >= 0.3 is 5.97 Å². The van der Waals surface area contributed by atoms with Crippen molar-refractivity contribution in [2.75, 3.05) is 26.3 Å². The Balaban J connectivity index is 2.24. The lowest BCUT2D eigenvalue weighted by Crippen LogP contribution is -2.29. The first-order chi connectivity index (χ1) is 7.63. The van der Waals surface area contributed by atoms with E-state index < -0.39 is 5.97 Å². The number of amides is 1. The van der Waals surface area contributed by atoms with Crippen molar-refractivity contribution < 1.29 is 19.4 Å². The van der Waals surface area contributed by atoms with Crippen molar-refractivity contribution in [1.29, 1.82) is 0 Å². The molecule has 0 aromatic heterocycles. The van der Waals surface area contributed by atoms with Gasteiger partial charge in [-0.15, -0.1) is 0 Å². The molecule has 16 heavy (non-hydrogen) atoms. The Morgan fingerprint density at radius 1 is 1.44 bits per heavy atom. The fraction of sp³-hybridized carbons (Fsp3) is 0.818. The van der Waals surface area contributed by atoms with Crippen LogP contribution < -0.4 is 0 Å². The Bertz CT molecular complexity index is 254. The molecule has 1 fully saturated rings. The van der Waals surface area contributed by atoms with E-state index in [9.17, 15) is 9.59 Å². The average molecular weight is 229 g/mol. The van der Waals surface area contributed by atoms with Gasteiger partial charge in [0.1, 0.15) is 0 Å².